The molecule has 1 aromatic carbocycles. The normalized spacial score (nSPS) is 15.3. The molecule has 26 heavy (non-hydrogen) atoms. The molecule has 0 aliphatic carbocycles. The Labute approximate surface area is 158 Å². The third-order valence-corrected chi connectivity index (χ3v) is 5.66. The molecule has 4 rings (SSSR count). The van der Waals surface area contributed by atoms with E-state index in [1.54, 1.807) is 0 Å². The van der Waals surface area contributed by atoms with E-state index in [-0.39, 0.29) is 5.28 Å². The van der Waals surface area contributed by atoms with Crippen molar-refractivity contribution in [2.75, 3.05) is 34.8 Å². The van der Waals surface area contributed by atoms with Crippen molar-refractivity contribution in [1.29, 1.82) is 0 Å². The molecule has 1 saturated heterocycles. The molecule has 9 heteroatoms. The topological polar surface area (TPSA) is 83.9 Å². The van der Waals surface area contributed by atoms with E-state index < -0.39 is 10.8 Å². The van der Waals surface area contributed by atoms with Crippen molar-refractivity contribution in [3.05, 3.63) is 47.5 Å². The summed E-state index contributed by atoms with van der Waals surface area (Å²) in [6.45, 7) is 1.93. The molecular weight excluding hydrogens is 372 g/mol. The van der Waals surface area contributed by atoms with Gasteiger partial charge in [0.05, 0.1) is 0 Å². The third kappa shape index (κ3) is 3.61. The Morgan fingerprint density at radius 1 is 1.08 bits per heavy atom. The monoisotopic (exact) mass is 388 g/mol. The van der Waals surface area contributed by atoms with Crippen molar-refractivity contribution in [2.24, 2.45) is 0 Å². The smallest absolute Gasteiger partial charge is 0.225 e. The summed E-state index contributed by atoms with van der Waals surface area (Å²) in [4.78, 5) is 19.5. The Morgan fingerprint density at radius 3 is 2.62 bits per heavy atom. The molecule has 0 radical (unpaired) electrons. The molecule has 1 fully saturated rings. The largest absolute Gasteiger partial charge is 0.364 e. The van der Waals surface area contributed by atoms with E-state index in [9.17, 15) is 4.21 Å². The summed E-state index contributed by atoms with van der Waals surface area (Å²) in [5.74, 6) is 2.52. The lowest BCUT2D eigenvalue weighted by Gasteiger charge is -2.27. The second kappa shape index (κ2) is 7.51. The lowest BCUT2D eigenvalue weighted by molar-refractivity contribution is 0.672. The van der Waals surface area contributed by atoms with Gasteiger partial charge in [0.2, 0.25) is 5.28 Å². The SMILES string of the molecule is O=S1CCN(c2nc(Cl)nc3c(NCc4ccccc4)ncnc23)CC1. The average Bonchev–Trinajstić information content (AvgIpc) is 2.67. The number of halogens is 1. The number of nitrogens with zero attached hydrogens (tertiary/aromatic N) is 5. The van der Waals surface area contributed by atoms with Gasteiger partial charge in [0.15, 0.2) is 11.6 Å². The molecule has 3 aromatic rings. The van der Waals surface area contributed by atoms with Crippen LogP contribution in [0.15, 0.2) is 36.7 Å². The van der Waals surface area contributed by atoms with Gasteiger partial charge in [-0.05, 0) is 17.2 Å². The van der Waals surface area contributed by atoms with E-state index in [0.29, 0.717) is 53.8 Å². The zero-order chi connectivity index (χ0) is 17.9. The molecule has 134 valence electrons. The van der Waals surface area contributed by atoms with Gasteiger partial charge in [-0.15, -0.1) is 0 Å². The summed E-state index contributed by atoms with van der Waals surface area (Å²) < 4.78 is 11.6. The summed E-state index contributed by atoms with van der Waals surface area (Å²) in [7, 11) is -0.766. The number of hydrogen-bond acceptors (Lipinski definition) is 7. The third-order valence-electron chi connectivity index (χ3n) is 4.22. The van der Waals surface area contributed by atoms with Crippen LogP contribution in [-0.4, -0.2) is 48.7 Å². The quantitative estimate of drug-likeness (QED) is 0.686. The van der Waals surface area contributed by atoms with Gasteiger partial charge in [-0.2, -0.15) is 4.98 Å². The Morgan fingerprint density at radius 2 is 1.85 bits per heavy atom. The minimum absolute atomic E-state index is 0.150. The lowest BCUT2D eigenvalue weighted by atomic mass is 10.2. The molecule has 0 saturated carbocycles. The van der Waals surface area contributed by atoms with Crippen molar-refractivity contribution in [3.8, 4) is 0 Å². The van der Waals surface area contributed by atoms with Crippen LogP contribution >= 0.6 is 11.6 Å². The van der Waals surface area contributed by atoms with E-state index in [1.165, 1.54) is 6.33 Å². The zero-order valence-electron chi connectivity index (χ0n) is 13.9. The first-order valence-corrected chi connectivity index (χ1v) is 10.1. The fourth-order valence-electron chi connectivity index (χ4n) is 2.89. The first kappa shape index (κ1) is 17.1. The number of anilines is 2. The Kier molecular flexibility index (Phi) is 4.94. The fourth-order valence-corrected chi connectivity index (χ4v) is 4.10. The van der Waals surface area contributed by atoms with Crippen LogP contribution in [-0.2, 0) is 17.3 Å². The van der Waals surface area contributed by atoms with Crippen molar-refractivity contribution < 1.29 is 4.21 Å². The van der Waals surface area contributed by atoms with Crippen LogP contribution in [0.25, 0.3) is 11.0 Å². The van der Waals surface area contributed by atoms with Gasteiger partial charge >= 0.3 is 0 Å². The molecule has 7 nitrogen and oxygen atoms in total. The van der Waals surface area contributed by atoms with Gasteiger partial charge in [0.25, 0.3) is 0 Å². The summed E-state index contributed by atoms with van der Waals surface area (Å²) in [6.07, 6.45) is 1.50. The predicted octanol–water partition coefficient (Wildman–Crippen LogP) is 2.25. The molecule has 3 heterocycles. The zero-order valence-corrected chi connectivity index (χ0v) is 15.5. The maximum atomic E-state index is 11.6. The molecule has 0 bridgehead atoms. The number of hydrogen-bond donors (Lipinski definition) is 1. The highest BCUT2D eigenvalue weighted by atomic mass is 35.5. The summed E-state index contributed by atoms with van der Waals surface area (Å²) in [6, 6.07) is 10.0. The molecule has 1 aliphatic heterocycles. The minimum Gasteiger partial charge on any atom is -0.364 e. The molecule has 0 spiro atoms. The van der Waals surface area contributed by atoms with Gasteiger partial charge in [-0.3, -0.25) is 4.21 Å². The van der Waals surface area contributed by atoms with E-state index in [1.807, 2.05) is 30.3 Å². The molecular formula is C17H17ClN6OS. The first-order valence-electron chi connectivity index (χ1n) is 8.26. The standard InChI is InChI=1S/C17H17ClN6OS/c18-17-22-13-14(16(23-17)24-6-8-26(25)9-7-24)20-11-21-15(13)19-10-12-4-2-1-3-5-12/h1-5,11H,6-10H2,(H,19,20,21). The fraction of sp³-hybridized carbons (Fsp3) is 0.294. The van der Waals surface area contributed by atoms with Crippen LogP contribution in [0, 0.1) is 0 Å². The van der Waals surface area contributed by atoms with E-state index in [2.05, 4.69) is 30.2 Å². The van der Waals surface area contributed by atoms with Crippen LogP contribution in [0.1, 0.15) is 5.56 Å². The van der Waals surface area contributed by atoms with E-state index >= 15 is 0 Å². The maximum Gasteiger partial charge on any atom is 0.225 e. The van der Waals surface area contributed by atoms with Crippen molar-refractivity contribution in [2.45, 2.75) is 6.54 Å². The molecule has 1 N–H and O–H groups in total. The minimum atomic E-state index is -0.766. The highest BCUT2D eigenvalue weighted by Gasteiger charge is 2.21. The molecule has 0 atom stereocenters. The van der Waals surface area contributed by atoms with Crippen LogP contribution in [0.4, 0.5) is 11.6 Å². The highest BCUT2D eigenvalue weighted by molar-refractivity contribution is 7.85. The number of fused-ring (bicyclic) bond motifs is 1. The summed E-state index contributed by atoms with van der Waals surface area (Å²) in [5.41, 5.74) is 2.37. The molecule has 1 aliphatic rings. The van der Waals surface area contributed by atoms with Crippen LogP contribution in [0.2, 0.25) is 5.28 Å². The number of benzene rings is 1. The van der Waals surface area contributed by atoms with Crippen molar-refractivity contribution in [1.82, 2.24) is 19.9 Å². The number of nitrogens with one attached hydrogen (secondary N) is 1. The predicted molar refractivity (Wildman–Crippen MR) is 104 cm³/mol. The van der Waals surface area contributed by atoms with Crippen molar-refractivity contribution >= 4 is 45.1 Å². The second-order valence-electron chi connectivity index (χ2n) is 5.91. The van der Waals surface area contributed by atoms with Gasteiger partial charge in [0, 0.05) is 41.9 Å². The molecule has 2 aromatic heterocycles. The first-order chi connectivity index (χ1) is 12.7. The Hall–Kier alpha value is -2.32. The molecule has 0 amide bonds. The van der Waals surface area contributed by atoms with Crippen LogP contribution < -0.4 is 10.2 Å². The maximum absolute atomic E-state index is 11.6. The highest BCUT2D eigenvalue weighted by Crippen LogP contribution is 2.28. The van der Waals surface area contributed by atoms with Gasteiger partial charge < -0.3 is 10.2 Å². The lowest BCUT2D eigenvalue weighted by Crippen LogP contribution is -2.38. The summed E-state index contributed by atoms with van der Waals surface area (Å²) in [5, 5.41) is 3.45. The Bertz CT molecular complexity index is 945. The summed E-state index contributed by atoms with van der Waals surface area (Å²) >= 11 is 6.17. The Balaban J connectivity index is 1.68. The van der Waals surface area contributed by atoms with Gasteiger partial charge in [-0.1, -0.05) is 30.3 Å². The van der Waals surface area contributed by atoms with Crippen LogP contribution in [0.5, 0.6) is 0 Å². The van der Waals surface area contributed by atoms with Gasteiger partial charge in [-0.25, -0.2) is 15.0 Å². The van der Waals surface area contributed by atoms with Gasteiger partial charge in [0.1, 0.15) is 17.4 Å². The van der Waals surface area contributed by atoms with E-state index in [4.69, 9.17) is 11.6 Å². The van der Waals surface area contributed by atoms with Crippen molar-refractivity contribution in [3.63, 3.8) is 0 Å². The molecule has 0 unspecified atom stereocenters. The van der Waals surface area contributed by atoms with E-state index in [0.717, 1.165) is 5.56 Å². The average molecular weight is 389 g/mol. The second-order valence-corrected chi connectivity index (χ2v) is 7.94. The number of rotatable bonds is 4. The number of aromatic nitrogens is 4. The van der Waals surface area contributed by atoms with Crippen LogP contribution in [0.3, 0.4) is 0 Å².